The molecule has 0 aliphatic heterocycles. The third-order valence-electron chi connectivity index (χ3n) is 4.35. The van der Waals surface area contributed by atoms with Gasteiger partial charge in [0, 0.05) is 11.3 Å². The second kappa shape index (κ2) is 8.32. The molecule has 0 fully saturated rings. The molecule has 2 amide bonds. The third kappa shape index (κ3) is 4.42. The molecule has 0 spiro atoms. The summed E-state index contributed by atoms with van der Waals surface area (Å²) in [5.74, 6) is -0.496. The summed E-state index contributed by atoms with van der Waals surface area (Å²) in [6, 6.07) is 22.1. The topological polar surface area (TPSA) is 58.2 Å². The standard InChI is InChI=1S/C23H22N2O2/c1-3-17-10-4-6-13-20(17)24-23(27)19-12-5-7-14-21(19)25-22(26)18-11-8-9-16(2)15-18/h4-15H,3H2,1-2H3,(H,24,27)(H,25,26). The minimum Gasteiger partial charge on any atom is -0.322 e. The maximum atomic E-state index is 12.8. The maximum absolute atomic E-state index is 12.8. The van der Waals surface area contributed by atoms with Crippen molar-refractivity contribution < 1.29 is 9.59 Å². The van der Waals surface area contributed by atoms with Crippen LogP contribution >= 0.6 is 0 Å². The SMILES string of the molecule is CCc1ccccc1NC(=O)c1ccccc1NC(=O)c1cccc(C)c1. The van der Waals surface area contributed by atoms with Crippen molar-refractivity contribution in [2.75, 3.05) is 10.6 Å². The predicted octanol–water partition coefficient (Wildman–Crippen LogP) is 5.06. The summed E-state index contributed by atoms with van der Waals surface area (Å²) in [5, 5.41) is 5.80. The average molecular weight is 358 g/mol. The van der Waals surface area contributed by atoms with Gasteiger partial charge in [-0.1, -0.05) is 55.0 Å². The van der Waals surface area contributed by atoms with E-state index in [0.717, 1.165) is 23.2 Å². The van der Waals surface area contributed by atoms with E-state index in [1.54, 1.807) is 30.3 Å². The van der Waals surface area contributed by atoms with E-state index in [1.165, 1.54) is 0 Å². The van der Waals surface area contributed by atoms with Crippen molar-refractivity contribution in [1.29, 1.82) is 0 Å². The Morgan fingerprint density at radius 1 is 0.778 bits per heavy atom. The normalized spacial score (nSPS) is 10.3. The minimum absolute atomic E-state index is 0.243. The second-order valence-electron chi connectivity index (χ2n) is 6.33. The molecule has 0 saturated carbocycles. The van der Waals surface area contributed by atoms with Crippen LogP contribution in [0.5, 0.6) is 0 Å². The fraction of sp³-hybridized carbons (Fsp3) is 0.130. The van der Waals surface area contributed by atoms with Gasteiger partial charge < -0.3 is 10.6 Å². The Labute approximate surface area is 159 Å². The molecule has 4 nitrogen and oxygen atoms in total. The molecule has 0 unspecified atom stereocenters. The number of carbonyl (C=O) groups is 2. The second-order valence-corrected chi connectivity index (χ2v) is 6.33. The van der Waals surface area contributed by atoms with E-state index < -0.39 is 0 Å². The molecular weight excluding hydrogens is 336 g/mol. The van der Waals surface area contributed by atoms with Crippen molar-refractivity contribution in [1.82, 2.24) is 0 Å². The molecule has 3 rings (SSSR count). The number of benzene rings is 3. The van der Waals surface area contributed by atoms with Crippen LogP contribution < -0.4 is 10.6 Å². The molecule has 3 aromatic carbocycles. The zero-order valence-electron chi connectivity index (χ0n) is 15.5. The minimum atomic E-state index is -0.254. The van der Waals surface area contributed by atoms with Gasteiger partial charge in [0.25, 0.3) is 11.8 Å². The summed E-state index contributed by atoms with van der Waals surface area (Å²) in [4.78, 5) is 25.4. The molecule has 136 valence electrons. The van der Waals surface area contributed by atoms with Gasteiger partial charge in [-0.2, -0.15) is 0 Å². The van der Waals surface area contributed by atoms with Crippen LogP contribution in [0.15, 0.2) is 72.8 Å². The first kappa shape index (κ1) is 18.4. The summed E-state index contributed by atoms with van der Waals surface area (Å²) in [5.41, 5.74) is 4.31. The van der Waals surface area contributed by atoms with Crippen molar-refractivity contribution in [3.63, 3.8) is 0 Å². The molecule has 0 atom stereocenters. The van der Waals surface area contributed by atoms with Gasteiger partial charge in [0.05, 0.1) is 11.3 Å². The van der Waals surface area contributed by atoms with Crippen molar-refractivity contribution >= 4 is 23.2 Å². The summed E-state index contributed by atoms with van der Waals surface area (Å²) >= 11 is 0. The Hall–Kier alpha value is -3.40. The first-order valence-electron chi connectivity index (χ1n) is 8.94. The van der Waals surface area contributed by atoms with Gasteiger partial charge in [0.1, 0.15) is 0 Å². The highest BCUT2D eigenvalue weighted by molar-refractivity contribution is 6.12. The lowest BCUT2D eigenvalue weighted by molar-refractivity contribution is 0.102. The number of hydrogen-bond donors (Lipinski definition) is 2. The molecule has 4 heteroatoms. The van der Waals surface area contributed by atoms with Gasteiger partial charge in [0.15, 0.2) is 0 Å². The van der Waals surface area contributed by atoms with Crippen molar-refractivity contribution in [2.24, 2.45) is 0 Å². The summed E-state index contributed by atoms with van der Waals surface area (Å²) in [6.07, 6.45) is 0.822. The molecular formula is C23H22N2O2. The zero-order chi connectivity index (χ0) is 19.2. The molecule has 2 N–H and O–H groups in total. The van der Waals surface area contributed by atoms with Crippen LogP contribution in [0.3, 0.4) is 0 Å². The lowest BCUT2D eigenvalue weighted by atomic mass is 10.1. The molecule has 0 bridgehead atoms. The molecule has 3 aromatic rings. The lowest BCUT2D eigenvalue weighted by Crippen LogP contribution is -2.18. The largest absolute Gasteiger partial charge is 0.322 e. The highest BCUT2D eigenvalue weighted by Gasteiger charge is 2.15. The van der Waals surface area contributed by atoms with Crippen molar-refractivity contribution in [3.8, 4) is 0 Å². The first-order chi connectivity index (χ1) is 13.1. The van der Waals surface area contributed by atoms with Gasteiger partial charge in [-0.05, 0) is 49.2 Å². The van der Waals surface area contributed by atoms with E-state index in [-0.39, 0.29) is 11.8 Å². The molecule has 0 heterocycles. The highest BCUT2D eigenvalue weighted by atomic mass is 16.2. The molecule has 0 aliphatic carbocycles. The quantitative estimate of drug-likeness (QED) is 0.669. The molecule has 0 saturated heterocycles. The van der Waals surface area contributed by atoms with E-state index in [0.29, 0.717) is 16.8 Å². The summed E-state index contributed by atoms with van der Waals surface area (Å²) < 4.78 is 0. The molecule has 0 aliphatic rings. The monoisotopic (exact) mass is 358 g/mol. The Bertz CT molecular complexity index is 979. The van der Waals surface area contributed by atoms with Gasteiger partial charge in [-0.3, -0.25) is 9.59 Å². The number of amides is 2. The van der Waals surface area contributed by atoms with Crippen LogP contribution in [0, 0.1) is 6.92 Å². The Morgan fingerprint density at radius 3 is 2.19 bits per heavy atom. The predicted molar refractivity (Wildman–Crippen MR) is 109 cm³/mol. The average Bonchev–Trinajstić information content (AvgIpc) is 2.68. The summed E-state index contributed by atoms with van der Waals surface area (Å²) in [7, 11) is 0. The zero-order valence-corrected chi connectivity index (χ0v) is 15.5. The lowest BCUT2D eigenvalue weighted by Gasteiger charge is -2.13. The van der Waals surface area contributed by atoms with Gasteiger partial charge >= 0.3 is 0 Å². The van der Waals surface area contributed by atoms with Gasteiger partial charge in [-0.15, -0.1) is 0 Å². The number of carbonyl (C=O) groups excluding carboxylic acids is 2. The number of rotatable bonds is 5. The van der Waals surface area contributed by atoms with Gasteiger partial charge in [-0.25, -0.2) is 0 Å². The van der Waals surface area contributed by atoms with Crippen LogP contribution in [0.25, 0.3) is 0 Å². The molecule has 0 aromatic heterocycles. The Balaban J connectivity index is 1.83. The van der Waals surface area contributed by atoms with E-state index in [1.807, 2.05) is 56.3 Å². The maximum Gasteiger partial charge on any atom is 0.257 e. The fourth-order valence-corrected chi connectivity index (χ4v) is 2.91. The number of hydrogen-bond acceptors (Lipinski definition) is 2. The van der Waals surface area contributed by atoms with Crippen molar-refractivity contribution in [3.05, 3.63) is 95.1 Å². The molecule has 27 heavy (non-hydrogen) atoms. The van der Waals surface area contributed by atoms with Crippen LogP contribution in [0.4, 0.5) is 11.4 Å². The third-order valence-corrected chi connectivity index (χ3v) is 4.35. The van der Waals surface area contributed by atoms with E-state index in [2.05, 4.69) is 10.6 Å². The number of nitrogens with one attached hydrogen (secondary N) is 2. The van der Waals surface area contributed by atoms with E-state index >= 15 is 0 Å². The number of para-hydroxylation sites is 2. The molecule has 0 radical (unpaired) electrons. The Morgan fingerprint density at radius 2 is 1.44 bits per heavy atom. The number of anilines is 2. The van der Waals surface area contributed by atoms with Crippen LogP contribution in [-0.2, 0) is 6.42 Å². The Kier molecular flexibility index (Phi) is 5.67. The number of aryl methyl sites for hydroxylation is 2. The van der Waals surface area contributed by atoms with E-state index in [9.17, 15) is 9.59 Å². The van der Waals surface area contributed by atoms with Crippen LogP contribution in [0.2, 0.25) is 0 Å². The van der Waals surface area contributed by atoms with Gasteiger partial charge in [0.2, 0.25) is 0 Å². The summed E-state index contributed by atoms with van der Waals surface area (Å²) in [6.45, 7) is 3.98. The first-order valence-corrected chi connectivity index (χ1v) is 8.94. The van der Waals surface area contributed by atoms with Crippen molar-refractivity contribution in [2.45, 2.75) is 20.3 Å². The van der Waals surface area contributed by atoms with Crippen LogP contribution in [-0.4, -0.2) is 11.8 Å². The van der Waals surface area contributed by atoms with E-state index in [4.69, 9.17) is 0 Å². The van der Waals surface area contributed by atoms with Crippen LogP contribution in [0.1, 0.15) is 38.8 Å². The fourth-order valence-electron chi connectivity index (χ4n) is 2.91. The smallest absolute Gasteiger partial charge is 0.257 e. The highest BCUT2D eigenvalue weighted by Crippen LogP contribution is 2.21.